The van der Waals surface area contributed by atoms with Crippen molar-refractivity contribution in [3.63, 3.8) is 0 Å². The first-order valence-corrected chi connectivity index (χ1v) is 8.39. The summed E-state index contributed by atoms with van der Waals surface area (Å²) in [6.45, 7) is 0. The molecule has 130 valence electrons. The van der Waals surface area contributed by atoms with Crippen LogP contribution < -0.4 is 0 Å². The number of furan rings is 1. The van der Waals surface area contributed by atoms with Gasteiger partial charge < -0.3 is 4.42 Å². The molecule has 0 aliphatic rings. The summed E-state index contributed by atoms with van der Waals surface area (Å²) in [6.07, 6.45) is -2.89. The second-order valence-electron chi connectivity index (χ2n) is 5.32. The molecule has 2 aromatic carbocycles. The molecule has 0 amide bonds. The van der Waals surface area contributed by atoms with Crippen LogP contribution >= 0.6 is 11.8 Å². The van der Waals surface area contributed by atoms with Crippen molar-refractivity contribution in [2.75, 3.05) is 0 Å². The molecule has 0 fully saturated rings. The fraction of sp³-hybridized carbons (Fsp3) is 0.0500. The van der Waals surface area contributed by atoms with Crippen LogP contribution in [0.2, 0.25) is 0 Å². The molecule has 0 radical (unpaired) electrons. The maximum Gasteiger partial charge on any atom is 0.416 e. The smallest absolute Gasteiger partial charge is 0.416 e. The Hall–Kier alpha value is -2.91. The topological polar surface area (TPSA) is 36.9 Å². The zero-order valence-corrected chi connectivity index (χ0v) is 14.1. The summed E-state index contributed by atoms with van der Waals surface area (Å²) in [6, 6.07) is 19.6. The van der Waals surface area contributed by atoms with Gasteiger partial charge in [0.25, 0.3) is 0 Å². The number of benzene rings is 2. The van der Waals surface area contributed by atoms with E-state index in [1.54, 1.807) is 12.1 Å². The fourth-order valence-electron chi connectivity index (χ4n) is 2.23. The van der Waals surface area contributed by atoms with Gasteiger partial charge in [0.15, 0.2) is 5.09 Å². The molecule has 0 unspecified atom stereocenters. The van der Waals surface area contributed by atoms with Crippen molar-refractivity contribution in [3.8, 4) is 6.07 Å². The highest BCUT2D eigenvalue weighted by atomic mass is 32.2. The molecule has 3 rings (SSSR count). The monoisotopic (exact) mass is 371 g/mol. The van der Waals surface area contributed by atoms with Crippen molar-refractivity contribution < 1.29 is 17.6 Å². The summed E-state index contributed by atoms with van der Waals surface area (Å²) in [7, 11) is 0. The van der Waals surface area contributed by atoms with Crippen molar-refractivity contribution in [3.05, 3.63) is 83.6 Å². The van der Waals surface area contributed by atoms with Crippen LogP contribution in [0.5, 0.6) is 0 Å². The van der Waals surface area contributed by atoms with Crippen molar-refractivity contribution in [2.24, 2.45) is 0 Å². The van der Waals surface area contributed by atoms with E-state index in [0.29, 0.717) is 16.4 Å². The van der Waals surface area contributed by atoms with Crippen LogP contribution in [-0.2, 0) is 6.18 Å². The molecule has 0 spiro atoms. The Bertz CT molecular complexity index is 951. The third-order valence-electron chi connectivity index (χ3n) is 3.49. The Kier molecular flexibility index (Phi) is 5.19. The number of halogens is 3. The van der Waals surface area contributed by atoms with Crippen molar-refractivity contribution in [1.29, 1.82) is 5.26 Å². The molecule has 1 heterocycles. The molecule has 0 saturated carbocycles. The van der Waals surface area contributed by atoms with Crippen LogP contribution in [0.25, 0.3) is 11.6 Å². The van der Waals surface area contributed by atoms with Crippen LogP contribution in [0.3, 0.4) is 0 Å². The molecule has 0 aliphatic heterocycles. The van der Waals surface area contributed by atoms with E-state index in [-0.39, 0.29) is 5.57 Å². The van der Waals surface area contributed by atoms with E-state index in [4.69, 9.17) is 4.42 Å². The first-order valence-electron chi connectivity index (χ1n) is 7.58. The summed E-state index contributed by atoms with van der Waals surface area (Å²) in [4.78, 5) is 1.01. The summed E-state index contributed by atoms with van der Waals surface area (Å²) in [5, 5.41) is 9.98. The largest absolute Gasteiger partial charge is 0.450 e. The first kappa shape index (κ1) is 17.9. The minimum atomic E-state index is -4.40. The summed E-state index contributed by atoms with van der Waals surface area (Å²) in [5.74, 6) is 0.458. The van der Waals surface area contributed by atoms with Crippen LogP contribution in [0.15, 0.2) is 81.1 Å². The van der Waals surface area contributed by atoms with Gasteiger partial charge in [-0.15, -0.1) is 0 Å². The second kappa shape index (κ2) is 7.54. The number of alkyl halides is 3. The number of nitriles is 1. The molecule has 6 heteroatoms. The van der Waals surface area contributed by atoms with E-state index in [1.165, 1.54) is 30.0 Å². The Morgan fingerprint density at radius 2 is 1.65 bits per heavy atom. The average Bonchev–Trinajstić information content (AvgIpc) is 3.07. The predicted molar refractivity (Wildman–Crippen MR) is 94.2 cm³/mol. The Morgan fingerprint density at radius 1 is 0.962 bits per heavy atom. The van der Waals surface area contributed by atoms with Crippen LogP contribution in [0, 0.1) is 11.3 Å². The first-order chi connectivity index (χ1) is 12.5. The lowest BCUT2D eigenvalue weighted by Crippen LogP contribution is -2.04. The fourth-order valence-corrected chi connectivity index (χ4v) is 3.03. The highest BCUT2D eigenvalue weighted by molar-refractivity contribution is 7.99. The van der Waals surface area contributed by atoms with Gasteiger partial charge >= 0.3 is 6.18 Å². The van der Waals surface area contributed by atoms with E-state index in [0.717, 1.165) is 17.0 Å². The Morgan fingerprint density at radius 3 is 2.27 bits per heavy atom. The third kappa shape index (κ3) is 4.38. The molecular weight excluding hydrogens is 359 g/mol. The van der Waals surface area contributed by atoms with E-state index in [2.05, 4.69) is 0 Å². The van der Waals surface area contributed by atoms with E-state index in [1.807, 2.05) is 36.4 Å². The molecule has 0 saturated heterocycles. The summed E-state index contributed by atoms with van der Waals surface area (Å²) in [5.41, 5.74) is -0.128. The number of hydrogen-bond acceptors (Lipinski definition) is 3. The van der Waals surface area contributed by atoms with Gasteiger partial charge in [0.2, 0.25) is 0 Å². The zero-order chi connectivity index (χ0) is 18.6. The molecule has 0 atom stereocenters. The van der Waals surface area contributed by atoms with Crippen molar-refractivity contribution in [2.45, 2.75) is 16.2 Å². The molecule has 3 aromatic rings. The van der Waals surface area contributed by atoms with Crippen LogP contribution in [-0.4, -0.2) is 0 Å². The van der Waals surface area contributed by atoms with Gasteiger partial charge in [-0.1, -0.05) is 42.1 Å². The van der Waals surface area contributed by atoms with E-state index in [9.17, 15) is 18.4 Å². The minimum Gasteiger partial charge on any atom is -0.450 e. The predicted octanol–water partition coefficient (Wildman–Crippen LogP) is 6.51. The van der Waals surface area contributed by atoms with Crippen molar-refractivity contribution >= 4 is 23.4 Å². The lowest BCUT2D eigenvalue weighted by atomic mass is 10.0. The van der Waals surface area contributed by atoms with Gasteiger partial charge in [-0.25, -0.2) is 0 Å². The van der Waals surface area contributed by atoms with Crippen molar-refractivity contribution in [1.82, 2.24) is 0 Å². The van der Waals surface area contributed by atoms with Gasteiger partial charge in [0.05, 0.1) is 17.2 Å². The van der Waals surface area contributed by atoms with Crippen LogP contribution in [0.1, 0.15) is 16.9 Å². The summed E-state index contributed by atoms with van der Waals surface area (Å²) < 4.78 is 43.6. The molecular formula is C20H12F3NOS. The second-order valence-corrected chi connectivity index (χ2v) is 6.39. The maximum absolute atomic E-state index is 12.6. The third-order valence-corrected chi connectivity index (χ3v) is 4.42. The molecule has 1 aromatic heterocycles. The number of allylic oxidation sites excluding steroid dienone is 1. The molecule has 2 nitrogen and oxygen atoms in total. The lowest BCUT2D eigenvalue weighted by molar-refractivity contribution is -0.137. The highest BCUT2D eigenvalue weighted by Crippen LogP contribution is 2.32. The number of hydrogen-bond donors (Lipinski definition) is 0. The van der Waals surface area contributed by atoms with E-state index >= 15 is 0 Å². The van der Waals surface area contributed by atoms with E-state index < -0.39 is 11.7 Å². The Labute approximate surface area is 152 Å². The SMILES string of the molecule is N#C/C(=C/c1ccc(Sc2ccccc2)o1)c1ccc(C(F)(F)F)cc1. The standard InChI is InChI=1S/C20H12F3NOS/c21-20(22,23)16-8-6-14(7-9-16)15(13-24)12-17-10-11-19(25-17)26-18-4-2-1-3-5-18/h1-12H/b15-12-. The summed E-state index contributed by atoms with van der Waals surface area (Å²) >= 11 is 1.44. The van der Waals surface area contributed by atoms with Gasteiger partial charge in [-0.2, -0.15) is 18.4 Å². The van der Waals surface area contributed by atoms with Gasteiger partial charge in [0, 0.05) is 4.90 Å². The average molecular weight is 371 g/mol. The quantitative estimate of drug-likeness (QED) is 0.490. The minimum absolute atomic E-state index is 0.226. The maximum atomic E-state index is 12.6. The lowest BCUT2D eigenvalue weighted by Gasteiger charge is -2.06. The highest BCUT2D eigenvalue weighted by Gasteiger charge is 2.30. The normalized spacial score (nSPS) is 12.0. The number of nitrogens with zero attached hydrogens (tertiary/aromatic N) is 1. The van der Waals surface area contributed by atoms with Gasteiger partial charge in [-0.05, 0) is 48.0 Å². The number of rotatable bonds is 4. The van der Waals surface area contributed by atoms with Gasteiger partial charge in [-0.3, -0.25) is 0 Å². The van der Waals surface area contributed by atoms with Crippen LogP contribution in [0.4, 0.5) is 13.2 Å². The molecule has 0 N–H and O–H groups in total. The van der Waals surface area contributed by atoms with Gasteiger partial charge in [0.1, 0.15) is 5.76 Å². The molecule has 0 bridgehead atoms. The molecule has 26 heavy (non-hydrogen) atoms. The molecule has 0 aliphatic carbocycles. The Balaban J connectivity index is 1.80. The zero-order valence-electron chi connectivity index (χ0n) is 13.3.